The number of carbonyl (C=O) groups is 2. The van der Waals surface area contributed by atoms with Gasteiger partial charge < -0.3 is 19.9 Å². The predicted octanol–water partition coefficient (Wildman–Crippen LogP) is 5.98. The lowest BCUT2D eigenvalue weighted by atomic mass is 10.00. The van der Waals surface area contributed by atoms with Crippen molar-refractivity contribution in [3.8, 4) is 5.75 Å². The topological polar surface area (TPSA) is 61.9 Å². The van der Waals surface area contributed by atoms with Gasteiger partial charge in [-0.15, -0.1) is 11.3 Å². The van der Waals surface area contributed by atoms with Crippen molar-refractivity contribution in [2.75, 3.05) is 19.7 Å². The molecule has 0 bridgehead atoms. The van der Waals surface area contributed by atoms with E-state index in [0.29, 0.717) is 19.1 Å². The fourth-order valence-corrected chi connectivity index (χ4v) is 5.20. The number of thiophene rings is 1. The highest BCUT2D eigenvalue weighted by molar-refractivity contribution is 7.10. The van der Waals surface area contributed by atoms with Crippen LogP contribution in [0.2, 0.25) is 0 Å². The lowest BCUT2D eigenvalue weighted by Crippen LogP contribution is -2.55. The number of hydrogen-bond donors (Lipinski definition) is 1. The van der Waals surface area contributed by atoms with E-state index in [9.17, 15) is 9.59 Å². The van der Waals surface area contributed by atoms with E-state index in [1.807, 2.05) is 51.7 Å². The van der Waals surface area contributed by atoms with Crippen molar-refractivity contribution in [3.05, 3.63) is 51.7 Å². The van der Waals surface area contributed by atoms with Gasteiger partial charge in [-0.25, -0.2) is 4.79 Å². The Bertz CT molecular complexity index is 994. The molecule has 3 amide bonds. The van der Waals surface area contributed by atoms with Gasteiger partial charge in [-0.1, -0.05) is 32.9 Å². The molecule has 7 heteroatoms. The number of ether oxygens (including phenoxy) is 1. The molecular formula is C28H41N3O3S. The minimum absolute atomic E-state index is 0.0445. The fourth-order valence-electron chi connectivity index (χ4n) is 4.28. The average Bonchev–Trinajstić information content (AvgIpc) is 3.28. The summed E-state index contributed by atoms with van der Waals surface area (Å²) in [4.78, 5) is 31.5. The number of urea groups is 1. The first-order valence-electron chi connectivity index (χ1n) is 12.7. The maximum Gasteiger partial charge on any atom is 0.318 e. The number of carbonyl (C=O) groups excluding carboxylic acids is 2. The Labute approximate surface area is 214 Å². The van der Waals surface area contributed by atoms with E-state index in [0.717, 1.165) is 24.2 Å². The molecule has 1 aliphatic rings. The second-order valence-corrected chi connectivity index (χ2v) is 11.8. The van der Waals surface area contributed by atoms with E-state index in [4.69, 9.17) is 4.74 Å². The largest absolute Gasteiger partial charge is 0.491 e. The fraction of sp³-hybridized carbons (Fsp3) is 0.571. The van der Waals surface area contributed by atoms with Crippen molar-refractivity contribution in [2.24, 2.45) is 0 Å². The summed E-state index contributed by atoms with van der Waals surface area (Å²) in [7, 11) is 0. The monoisotopic (exact) mass is 499 g/mol. The number of nitrogens with zero attached hydrogens (tertiary/aromatic N) is 2. The summed E-state index contributed by atoms with van der Waals surface area (Å²) in [6, 6.07) is 9.87. The zero-order valence-corrected chi connectivity index (χ0v) is 23.1. The zero-order chi connectivity index (χ0) is 25.8. The summed E-state index contributed by atoms with van der Waals surface area (Å²) < 4.78 is 6.19. The van der Waals surface area contributed by atoms with Crippen LogP contribution in [0.15, 0.2) is 35.7 Å². The maximum atomic E-state index is 13.6. The molecule has 0 aliphatic carbocycles. The summed E-state index contributed by atoms with van der Waals surface area (Å²) >= 11 is 1.74. The van der Waals surface area contributed by atoms with Crippen LogP contribution in [0.5, 0.6) is 5.75 Å². The first-order chi connectivity index (χ1) is 16.5. The van der Waals surface area contributed by atoms with Gasteiger partial charge in [-0.2, -0.15) is 0 Å². The van der Waals surface area contributed by atoms with Gasteiger partial charge in [0.25, 0.3) is 0 Å². The number of fused-ring (bicyclic) bond motifs is 1. The Morgan fingerprint density at radius 3 is 2.46 bits per heavy atom. The van der Waals surface area contributed by atoms with Gasteiger partial charge in [0, 0.05) is 23.0 Å². The lowest BCUT2D eigenvalue weighted by molar-refractivity contribution is -0.136. The van der Waals surface area contributed by atoms with Crippen LogP contribution in [-0.4, -0.2) is 53.0 Å². The van der Waals surface area contributed by atoms with Crippen molar-refractivity contribution >= 4 is 23.3 Å². The molecule has 0 saturated heterocycles. The Morgan fingerprint density at radius 1 is 1.17 bits per heavy atom. The van der Waals surface area contributed by atoms with Crippen molar-refractivity contribution in [1.29, 1.82) is 0 Å². The molecule has 0 fully saturated rings. The third-order valence-electron chi connectivity index (χ3n) is 6.54. The summed E-state index contributed by atoms with van der Waals surface area (Å²) in [5.74, 6) is 1.22. The molecule has 2 atom stereocenters. The standard InChI is InChI=1S/C28H41N3O3S/c1-8-20(4)31(27(33)29-28(5,6)7)17-26(32)30-15-13-25-23(14-16-35-25)24(30)18-34-22-11-9-21(10-12-22)19(2)3/h9-12,14,16,19-20,24H,8,13,15,17-18H2,1-7H3,(H,29,33)/t20-,24-/m1/s1. The zero-order valence-electron chi connectivity index (χ0n) is 22.3. The molecule has 1 N–H and O–H groups in total. The third kappa shape index (κ3) is 7.00. The first-order valence-corrected chi connectivity index (χ1v) is 13.6. The molecule has 2 heterocycles. The van der Waals surface area contributed by atoms with Crippen LogP contribution in [0, 0.1) is 0 Å². The second kappa shape index (κ2) is 11.5. The number of rotatable bonds is 8. The van der Waals surface area contributed by atoms with Gasteiger partial charge >= 0.3 is 6.03 Å². The minimum atomic E-state index is -0.371. The van der Waals surface area contributed by atoms with Crippen molar-refractivity contribution in [1.82, 2.24) is 15.1 Å². The van der Waals surface area contributed by atoms with Gasteiger partial charge in [-0.3, -0.25) is 4.79 Å². The van der Waals surface area contributed by atoms with Crippen molar-refractivity contribution in [3.63, 3.8) is 0 Å². The van der Waals surface area contributed by atoms with E-state index in [1.165, 1.54) is 10.4 Å². The van der Waals surface area contributed by atoms with Gasteiger partial charge in [-0.05, 0) is 81.2 Å². The van der Waals surface area contributed by atoms with Gasteiger partial charge in [0.15, 0.2) is 0 Å². The van der Waals surface area contributed by atoms with Crippen LogP contribution in [0.4, 0.5) is 4.79 Å². The molecule has 35 heavy (non-hydrogen) atoms. The molecule has 0 saturated carbocycles. The Kier molecular flexibility index (Phi) is 8.86. The molecule has 0 unspecified atom stereocenters. The van der Waals surface area contributed by atoms with Crippen LogP contribution in [-0.2, 0) is 11.2 Å². The van der Waals surface area contributed by atoms with E-state index >= 15 is 0 Å². The summed E-state index contributed by atoms with van der Waals surface area (Å²) in [5.41, 5.74) is 2.05. The number of hydrogen-bond acceptors (Lipinski definition) is 4. The Balaban J connectivity index is 1.77. The van der Waals surface area contributed by atoms with E-state index in [2.05, 4.69) is 42.7 Å². The molecule has 1 aromatic carbocycles. The van der Waals surface area contributed by atoms with Crippen LogP contribution >= 0.6 is 11.3 Å². The third-order valence-corrected chi connectivity index (χ3v) is 7.54. The van der Waals surface area contributed by atoms with Gasteiger partial charge in [0.1, 0.15) is 18.9 Å². The summed E-state index contributed by atoms with van der Waals surface area (Å²) in [6.45, 7) is 15.3. The van der Waals surface area contributed by atoms with Crippen molar-refractivity contribution in [2.45, 2.75) is 84.8 Å². The van der Waals surface area contributed by atoms with Crippen LogP contribution in [0.25, 0.3) is 0 Å². The highest BCUT2D eigenvalue weighted by Gasteiger charge is 2.34. The van der Waals surface area contributed by atoms with Crippen LogP contribution in [0.1, 0.15) is 82.9 Å². The molecule has 1 aliphatic heterocycles. The number of amides is 3. The summed E-state index contributed by atoms with van der Waals surface area (Å²) in [5, 5.41) is 5.11. The number of benzene rings is 1. The van der Waals surface area contributed by atoms with Crippen molar-refractivity contribution < 1.29 is 14.3 Å². The maximum absolute atomic E-state index is 13.6. The molecular weight excluding hydrogens is 458 g/mol. The Morgan fingerprint density at radius 2 is 1.86 bits per heavy atom. The summed E-state index contributed by atoms with van der Waals surface area (Å²) in [6.07, 6.45) is 1.61. The van der Waals surface area contributed by atoms with Crippen LogP contribution < -0.4 is 10.1 Å². The Hall–Kier alpha value is -2.54. The highest BCUT2D eigenvalue weighted by atomic mass is 32.1. The average molecular weight is 500 g/mol. The van der Waals surface area contributed by atoms with E-state index in [-0.39, 0.29) is 36.1 Å². The normalized spacial score (nSPS) is 16.6. The van der Waals surface area contributed by atoms with Gasteiger partial charge in [0.05, 0.1) is 6.04 Å². The second-order valence-electron chi connectivity index (χ2n) is 10.8. The molecule has 3 rings (SSSR count). The number of nitrogens with one attached hydrogen (secondary N) is 1. The van der Waals surface area contributed by atoms with Gasteiger partial charge in [0.2, 0.25) is 5.91 Å². The molecule has 1 aromatic heterocycles. The molecule has 0 spiro atoms. The lowest BCUT2D eigenvalue weighted by Gasteiger charge is -2.38. The molecule has 0 radical (unpaired) electrons. The molecule has 192 valence electrons. The smallest absolute Gasteiger partial charge is 0.318 e. The highest BCUT2D eigenvalue weighted by Crippen LogP contribution is 2.34. The quantitative estimate of drug-likeness (QED) is 0.486. The minimum Gasteiger partial charge on any atom is -0.491 e. The van der Waals surface area contributed by atoms with Crippen LogP contribution in [0.3, 0.4) is 0 Å². The van der Waals surface area contributed by atoms with E-state index < -0.39 is 0 Å². The SMILES string of the molecule is CC[C@@H](C)N(CC(=O)N1CCc2sccc2[C@H]1COc1ccc(C(C)C)cc1)C(=O)NC(C)(C)C. The first kappa shape index (κ1) is 27.1. The molecule has 2 aromatic rings. The molecule has 6 nitrogen and oxygen atoms in total. The predicted molar refractivity (Wildman–Crippen MR) is 143 cm³/mol. The van der Waals surface area contributed by atoms with E-state index in [1.54, 1.807) is 16.2 Å².